The second kappa shape index (κ2) is 12.6. The van der Waals surface area contributed by atoms with Gasteiger partial charge in [-0.1, -0.05) is 6.07 Å². The number of hydrogen-bond acceptors (Lipinski definition) is 6. The topological polar surface area (TPSA) is 24.9 Å². The molecule has 184 valence electrons. The molecule has 0 bridgehead atoms. The highest BCUT2D eigenvalue weighted by Gasteiger charge is 2.29. The number of benzene rings is 1. The Labute approximate surface area is 221 Å². The first kappa shape index (κ1) is 25.8. The molecule has 0 aliphatic carbocycles. The van der Waals surface area contributed by atoms with Gasteiger partial charge in [-0.15, -0.1) is 45.9 Å². The fraction of sp³-hybridized carbons (Fsp3) is 0.462. The van der Waals surface area contributed by atoms with Crippen LogP contribution in [0, 0.1) is 0 Å². The van der Waals surface area contributed by atoms with Crippen LogP contribution < -0.4 is 9.47 Å². The highest BCUT2D eigenvalue weighted by molar-refractivity contribution is 7.10. The molecule has 1 aromatic carbocycles. The molecule has 5 rings (SSSR count). The van der Waals surface area contributed by atoms with Crippen molar-refractivity contribution in [3.05, 3.63) is 67.5 Å². The van der Waals surface area contributed by atoms with Crippen molar-refractivity contribution in [2.75, 3.05) is 52.2 Å². The van der Waals surface area contributed by atoms with Crippen LogP contribution >= 0.6 is 45.9 Å². The number of methoxy groups -OCH3 is 2. The van der Waals surface area contributed by atoms with E-state index in [-0.39, 0.29) is 6.04 Å². The fourth-order valence-corrected chi connectivity index (χ4v) is 7.00. The Hall–Kier alpha value is -1.28. The van der Waals surface area contributed by atoms with E-state index >= 15 is 0 Å². The van der Waals surface area contributed by atoms with Gasteiger partial charge in [0.1, 0.15) is 0 Å². The summed E-state index contributed by atoms with van der Waals surface area (Å²) >= 11 is 15.4. The highest BCUT2D eigenvalue weighted by atomic mass is 35.5. The minimum Gasteiger partial charge on any atom is -0.493 e. The molecule has 1 unspecified atom stereocenters. The quantitative estimate of drug-likeness (QED) is 0.329. The summed E-state index contributed by atoms with van der Waals surface area (Å²) in [5, 5.41) is 4.37. The van der Waals surface area contributed by atoms with Crippen LogP contribution in [0.2, 0.25) is 0 Å². The summed E-state index contributed by atoms with van der Waals surface area (Å²) < 4.78 is 10.8. The van der Waals surface area contributed by atoms with Gasteiger partial charge >= 0.3 is 0 Å². The third-order valence-corrected chi connectivity index (χ3v) is 8.81. The zero-order valence-corrected chi connectivity index (χ0v) is 22.9. The summed E-state index contributed by atoms with van der Waals surface area (Å²) in [6.07, 6.45) is 2.32. The SMILES string of the molecule is COc1ccc(C2c3ccsc3CCN2CCCl)cc1OC.ClCCN1CCc2sccc2C1. The molecule has 2 aliphatic rings. The molecule has 0 spiro atoms. The predicted octanol–water partition coefficient (Wildman–Crippen LogP) is 6.30. The number of rotatable bonds is 7. The number of fused-ring (bicyclic) bond motifs is 2. The van der Waals surface area contributed by atoms with Crippen molar-refractivity contribution in [1.29, 1.82) is 0 Å². The lowest BCUT2D eigenvalue weighted by molar-refractivity contribution is 0.228. The van der Waals surface area contributed by atoms with E-state index in [1.807, 2.05) is 28.7 Å². The van der Waals surface area contributed by atoms with E-state index in [1.54, 1.807) is 19.1 Å². The summed E-state index contributed by atoms with van der Waals surface area (Å²) in [7, 11) is 3.34. The number of ether oxygens (including phenoxy) is 2. The standard InChI is InChI=1S/C17H20ClNO2S.C9H12ClNS/c1-20-14-4-3-12(11-15(14)21-2)17-13-6-10-22-16(13)5-8-19(17)9-7-18;10-3-5-11-4-1-9-8(7-11)2-6-12-9/h3-4,6,10-11,17H,5,7-9H2,1-2H3;2,6H,1,3-5,7H2. The van der Waals surface area contributed by atoms with Gasteiger partial charge in [-0.05, 0) is 64.6 Å². The van der Waals surface area contributed by atoms with Gasteiger partial charge in [0.25, 0.3) is 0 Å². The molecule has 2 aromatic heterocycles. The number of alkyl halides is 2. The van der Waals surface area contributed by atoms with E-state index in [1.165, 1.54) is 34.5 Å². The Morgan fingerprint density at radius 2 is 1.62 bits per heavy atom. The number of halogens is 2. The third-order valence-electron chi connectivity index (χ3n) is 6.45. The molecule has 0 fully saturated rings. The van der Waals surface area contributed by atoms with Crippen molar-refractivity contribution in [1.82, 2.24) is 9.80 Å². The van der Waals surface area contributed by atoms with Crippen LogP contribution in [0.25, 0.3) is 0 Å². The molecule has 2 aliphatic heterocycles. The largest absolute Gasteiger partial charge is 0.493 e. The van der Waals surface area contributed by atoms with Gasteiger partial charge in [0.2, 0.25) is 0 Å². The van der Waals surface area contributed by atoms with Crippen LogP contribution in [0.1, 0.15) is 32.5 Å². The first-order chi connectivity index (χ1) is 16.7. The van der Waals surface area contributed by atoms with E-state index in [0.29, 0.717) is 5.88 Å². The molecule has 0 N–H and O–H groups in total. The molecule has 0 radical (unpaired) electrons. The maximum Gasteiger partial charge on any atom is 0.161 e. The fourth-order valence-electron chi connectivity index (χ4n) is 4.75. The van der Waals surface area contributed by atoms with Gasteiger partial charge in [0, 0.05) is 54.2 Å². The van der Waals surface area contributed by atoms with E-state index < -0.39 is 0 Å². The zero-order chi connectivity index (χ0) is 23.9. The summed E-state index contributed by atoms with van der Waals surface area (Å²) in [4.78, 5) is 7.91. The molecule has 0 saturated heterocycles. The molecule has 0 saturated carbocycles. The minimum absolute atomic E-state index is 0.244. The van der Waals surface area contributed by atoms with Crippen molar-refractivity contribution in [2.45, 2.75) is 25.4 Å². The molecule has 34 heavy (non-hydrogen) atoms. The monoisotopic (exact) mass is 538 g/mol. The molecule has 0 amide bonds. The van der Waals surface area contributed by atoms with Crippen LogP contribution in [-0.2, 0) is 19.4 Å². The molecule has 3 aromatic rings. The third kappa shape index (κ3) is 5.92. The summed E-state index contributed by atoms with van der Waals surface area (Å²) in [6.45, 7) is 5.23. The van der Waals surface area contributed by atoms with Crippen LogP contribution in [0.4, 0.5) is 0 Å². The minimum atomic E-state index is 0.244. The molecule has 1 atom stereocenters. The average Bonchev–Trinajstić information content (AvgIpc) is 3.53. The summed E-state index contributed by atoms with van der Waals surface area (Å²) in [6, 6.07) is 10.9. The van der Waals surface area contributed by atoms with Crippen molar-refractivity contribution in [2.24, 2.45) is 0 Å². The van der Waals surface area contributed by atoms with E-state index in [0.717, 1.165) is 50.0 Å². The van der Waals surface area contributed by atoms with Crippen molar-refractivity contribution in [3.63, 3.8) is 0 Å². The second-order valence-corrected chi connectivity index (χ2v) is 11.1. The van der Waals surface area contributed by atoms with Gasteiger partial charge in [0.05, 0.1) is 20.3 Å². The van der Waals surface area contributed by atoms with Gasteiger partial charge in [-0.25, -0.2) is 0 Å². The average molecular weight is 540 g/mol. The second-order valence-electron chi connectivity index (χ2n) is 8.38. The van der Waals surface area contributed by atoms with Gasteiger partial charge in [-0.3, -0.25) is 9.80 Å². The predicted molar refractivity (Wildman–Crippen MR) is 146 cm³/mol. The van der Waals surface area contributed by atoms with Crippen LogP contribution in [0.3, 0.4) is 0 Å². The van der Waals surface area contributed by atoms with Crippen molar-refractivity contribution >= 4 is 45.9 Å². The Morgan fingerprint density at radius 1 is 0.882 bits per heavy atom. The molecule has 8 heteroatoms. The Bertz CT molecular complexity index is 1060. The lowest BCUT2D eigenvalue weighted by Gasteiger charge is -2.36. The normalized spacial score (nSPS) is 17.9. The van der Waals surface area contributed by atoms with Gasteiger partial charge in [0.15, 0.2) is 11.5 Å². The van der Waals surface area contributed by atoms with Crippen molar-refractivity contribution in [3.8, 4) is 11.5 Å². The Morgan fingerprint density at radius 3 is 2.38 bits per heavy atom. The first-order valence-electron chi connectivity index (χ1n) is 11.6. The maximum absolute atomic E-state index is 6.01. The van der Waals surface area contributed by atoms with Crippen molar-refractivity contribution < 1.29 is 9.47 Å². The van der Waals surface area contributed by atoms with Gasteiger partial charge in [-0.2, -0.15) is 0 Å². The maximum atomic E-state index is 6.01. The van der Waals surface area contributed by atoms with E-state index in [9.17, 15) is 0 Å². The van der Waals surface area contributed by atoms with E-state index in [2.05, 4.69) is 44.8 Å². The summed E-state index contributed by atoms with van der Waals surface area (Å²) in [5.41, 5.74) is 4.13. The smallest absolute Gasteiger partial charge is 0.161 e. The lowest BCUT2D eigenvalue weighted by Crippen LogP contribution is -2.36. The number of thiophene rings is 2. The number of hydrogen-bond donors (Lipinski definition) is 0. The number of nitrogens with zero attached hydrogens (tertiary/aromatic N) is 2. The first-order valence-corrected chi connectivity index (χ1v) is 14.4. The Balaban J connectivity index is 0.000000192. The summed E-state index contributed by atoms with van der Waals surface area (Å²) in [5.74, 6) is 2.92. The zero-order valence-electron chi connectivity index (χ0n) is 19.8. The molecular formula is C26H32Cl2N2O2S2. The molecule has 4 nitrogen and oxygen atoms in total. The highest BCUT2D eigenvalue weighted by Crippen LogP contribution is 2.40. The lowest BCUT2D eigenvalue weighted by atomic mass is 9.93. The van der Waals surface area contributed by atoms with Gasteiger partial charge < -0.3 is 9.47 Å². The van der Waals surface area contributed by atoms with Crippen LogP contribution in [-0.4, -0.2) is 62.0 Å². The van der Waals surface area contributed by atoms with Crippen LogP contribution in [0.15, 0.2) is 41.1 Å². The molecule has 4 heterocycles. The molecular weight excluding hydrogens is 507 g/mol. The van der Waals surface area contributed by atoms with Crippen LogP contribution in [0.5, 0.6) is 11.5 Å². The Kier molecular flexibility index (Phi) is 9.57. The van der Waals surface area contributed by atoms with E-state index in [4.69, 9.17) is 32.7 Å².